The normalized spacial score (nSPS) is 22.9. The number of anilines is 1. The van der Waals surface area contributed by atoms with Gasteiger partial charge in [0.25, 0.3) is 5.71 Å². The van der Waals surface area contributed by atoms with E-state index in [0.29, 0.717) is 30.1 Å². The van der Waals surface area contributed by atoms with Crippen molar-refractivity contribution in [2.75, 3.05) is 18.4 Å². The van der Waals surface area contributed by atoms with Crippen molar-refractivity contribution in [3.8, 4) is 0 Å². The van der Waals surface area contributed by atoms with Crippen LogP contribution in [-0.2, 0) is 14.4 Å². The number of amides is 3. The molecule has 9 heteroatoms. The lowest BCUT2D eigenvalue weighted by Gasteiger charge is -2.32. The molecule has 0 spiro atoms. The largest absolute Gasteiger partial charge is 0.374 e. The van der Waals surface area contributed by atoms with Crippen LogP contribution < -0.4 is 21.8 Å². The monoisotopic (exact) mass is 443 g/mol. The Morgan fingerprint density at radius 2 is 2.06 bits per heavy atom. The van der Waals surface area contributed by atoms with E-state index in [1.165, 1.54) is 31.7 Å². The molecule has 1 unspecified atom stereocenters. The van der Waals surface area contributed by atoms with Crippen molar-refractivity contribution in [1.82, 2.24) is 15.2 Å². The zero-order valence-electron chi connectivity index (χ0n) is 18.8. The van der Waals surface area contributed by atoms with E-state index in [9.17, 15) is 14.4 Å². The summed E-state index contributed by atoms with van der Waals surface area (Å²) in [5.74, 6) is -0.289. The SMILES string of the molecule is CCC[C@@H]1CCCC(NC(=O)[C@@H]2CCCN2C(=O)CNc2cnccc2C(=[NH2+])C(N)=O)C1. The van der Waals surface area contributed by atoms with Crippen LogP contribution in [-0.4, -0.2) is 58.5 Å². The maximum absolute atomic E-state index is 13.0. The first-order valence-corrected chi connectivity index (χ1v) is 11.6. The van der Waals surface area contributed by atoms with Gasteiger partial charge in [-0.2, -0.15) is 0 Å². The summed E-state index contributed by atoms with van der Waals surface area (Å²) in [6.45, 7) is 2.72. The average Bonchev–Trinajstić information content (AvgIpc) is 3.28. The number of pyridine rings is 1. The van der Waals surface area contributed by atoms with E-state index in [1.54, 1.807) is 11.0 Å². The third-order valence-electron chi connectivity index (χ3n) is 6.51. The van der Waals surface area contributed by atoms with Gasteiger partial charge in [0.15, 0.2) is 0 Å². The molecule has 9 nitrogen and oxygen atoms in total. The van der Waals surface area contributed by atoms with E-state index in [4.69, 9.17) is 11.1 Å². The van der Waals surface area contributed by atoms with Crippen LogP contribution in [0.25, 0.3) is 0 Å². The van der Waals surface area contributed by atoms with Gasteiger partial charge < -0.3 is 21.3 Å². The number of nitrogens with two attached hydrogens (primary N) is 2. The molecule has 1 aliphatic carbocycles. The predicted octanol–water partition coefficient (Wildman–Crippen LogP) is -0.00690. The Hall–Kier alpha value is -2.97. The molecule has 1 saturated carbocycles. The Labute approximate surface area is 189 Å². The minimum atomic E-state index is -0.745. The van der Waals surface area contributed by atoms with Crippen molar-refractivity contribution in [3.05, 3.63) is 24.0 Å². The number of carbonyl (C=O) groups is 3. The summed E-state index contributed by atoms with van der Waals surface area (Å²) in [5.41, 5.74) is 6.02. The predicted molar refractivity (Wildman–Crippen MR) is 121 cm³/mol. The average molecular weight is 444 g/mol. The summed E-state index contributed by atoms with van der Waals surface area (Å²) in [7, 11) is 0. The summed E-state index contributed by atoms with van der Waals surface area (Å²) >= 11 is 0. The zero-order valence-corrected chi connectivity index (χ0v) is 18.8. The second-order valence-electron chi connectivity index (χ2n) is 8.82. The molecular weight excluding hydrogens is 408 g/mol. The van der Waals surface area contributed by atoms with E-state index >= 15 is 0 Å². The highest BCUT2D eigenvalue weighted by Gasteiger charge is 2.35. The first kappa shape index (κ1) is 23.7. The van der Waals surface area contributed by atoms with Crippen LogP contribution in [0.1, 0.15) is 63.9 Å². The summed E-state index contributed by atoms with van der Waals surface area (Å²) in [6, 6.07) is 1.33. The van der Waals surface area contributed by atoms with E-state index < -0.39 is 11.9 Å². The molecule has 1 aromatic rings. The Morgan fingerprint density at radius 3 is 2.81 bits per heavy atom. The Kier molecular flexibility index (Phi) is 8.19. The molecule has 1 aliphatic heterocycles. The van der Waals surface area contributed by atoms with E-state index in [2.05, 4.69) is 22.5 Å². The van der Waals surface area contributed by atoms with Gasteiger partial charge in [0.2, 0.25) is 11.8 Å². The van der Waals surface area contributed by atoms with Crippen LogP contribution in [0.3, 0.4) is 0 Å². The van der Waals surface area contributed by atoms with Gasteiger partial charge in [0.05, 0.1) is 24.0 Å². The molecule has 32 heavy (non-hydrogen) atoms. The van der Waals surface area contributed by atoms with Gasteiger partial charge in [0, 0.05) is 18.8 Å². The quantitative estimate of drug-likeness (QED) is 0.397. The summed E-state index contributed by atoms with van der Waals surface area (Å²) < 4.78 is 0. The Balaban J connectivity index is 1.57. The first-order chi connectivity index (χ1) is 15.4. The fourth-order valence-corrected chi connectivity index (χ4v) is 4.90. The molecule has 2 fully saturated rings. The second kappa shape index (κ2) is 11.1. The van der Waals surface area contributed by atoms with Crippen molar-refractivity contribution < 1.29 is 19.8 Å². The van der Waals surface area contributed by atoms with Crippen molar-refractivity contribution in [2.24, 2.45) is 11.7 Å². The molecular formula is C23H35N6O3+. The van der Waals surface area contributed by atoms with Crippen molar-refractivity contribution in [3.63, 3.8) is 0 Å². The minimum absolute atomic E-state index is 0.0312. The van der Waals surface area contributed by atoms with Gasteiger partial charge in [-0.05, 0) is 37.7 Å². The molecule has 0 bridgehead atoms. The lowest BCUT2D eigenvalue weighted by Crippen LogP contribution is -2.51. The topological polar surface area (TPSA) is 143 Å². The summed E-state index contributed by atoms with van der Waals surface area (Å²) in [4.78, 5) is 43.0. The van der Waals surface area contributed by atoms with E-state index in [1.807, 2.05) is 0 Å². The van der Waals surface area contributed by atoms with Crippen molar-refractivity contribution in [1.29, 1.82) is 0 Å². The van der Waals surface area contributed by atoms with Gasteiger partial charge in [-0.25, -0.2) is 5.41 Å². The van der Waals surface area contributed by atoms with Gasteiger partial charge in [-0.1, -0.05) is 32.6 Å². The maximum Gasteiger partial charge on any atom is 0.313 e. The molecule has 0 radical (unpaired) electrons. The highest BCUT2D eigenvalue weighted by molar-refractivity contribution is 6.43. The van der Waals surface area contributed by atoms with Gasteiger partial charge in [-0.15, -0.1) is 0 Å². The number of nitrogens with zero attached hydrogens (tertiary/aromatic N) is 2. The molecule has 6 N–H and O–H groups in total. The molecule has 1 saturated heterocycles. The van der Waals surface area contributed by atoms with Gasteiger partial charge in [-0.3, -0.25) is 19.4 Å². The number of primary amides is 1. The second-order valence-corrected chi connectivity index (χ2v) is 8.82. The maximum atomic E-state index is 13.0. The van der Waals surface area contributed by atoms with Crippen LogP contribution in [0.2, 0.25) is 0 Å². The Bertz CT molecular complexity index is 856. The highest BCUT2D eigenvalue weighted by Crippen LogP contribution is 2.28. The first-order valence-electron chi connectivity index (χ1n) is 11.6. The molecule has 3 rings (SSSR count). The third kappa shape index (κ3) is 5.83. The number of hydrogen-bond donors (Lipinski definition) is 4. The molecule has 0 aromatic carbocycles. The molecule has 3 atom stereocenters. The van der Waals surface area contributed by atoms with Crippen LogP contribution in [0.15, 0.2) is 18.5 Å². The van der Waals surface area contributed by atoms with Crippen LogP contribution in [0.5, 0.6) is 0 Å². The molecule has 3 amide bonds. The zero-order chi connectivity index (χ0) is 23.1. The number of nitrogens with one attached hydrogen (secondary N) is 2. The highest BCUT2D eigenvalue weighted by atomic mass is 16.2. The fourth-order valence-electron chi connectivity index (χ4n) is 4.90. The van der Waals surface area contributed by atoms with Crippen LogP contribution in [0, 0.1) is 5.92 Å². The lowest BCUT2D eigenvalue weighted by atomic mass is 9.83. The summed E-state index contributed by atoms with van der Waals surface area (Å²) in [6.07, 6.45) is 11.3. The van der Waals surface area contributed by atoms with Gasteiger partial charge in [0.1, 0.15) is 6.04 Å². The minimum Gasteiger partial charge on any atom is -0.374 e. The molecule has 174 valence electrons. The Morgan fingerprint density at radius 1 is 1.25 bits per heavy atom. The van der Waals surface area contributed by atoms with Crippen LogP contribution in [0.4, 0.5) is 5.69 Å². The van der Waals surface area contributed by atoms with Crippen LogP contribution >= 0.6 is 0 Å². The van der Waals surface area contributed by atoms with E-state index in [0.717, 1.165) is 25.7 Å². The van der Waals surface area contributed by atoms with E-state index in [-0.39, 0.29) is 30.1 Å². The van der Waals surface area contributed by atoms with Crippen molar-refractivity contribution in [2.45, 2.75) is 70.4 Å². The molecule has 2 aliphatic rings. The smallest absolute Gasteiger partial charge is 0.313 e. The molecule has 2 heterocycles. The third-order valence-corrected chi connectivity index (χ3v) is 6.51. The number of likely N-dealkylation sites (tertiary alicyclic amines) is 1. The number of carbonyl (C=O) groups excluding carboxylic acids is 3. The molecule has 1 aromatic heterocycles. The fraction of sp³-hybridized carbons (Fsp3) is 0.609. The number of rotatable bonds is 9. The standard InChI is InChI=1S/C23H34N6O3/c1-2-5-15-6-3-7-16(12-15)28-23(32)19-8-4-11-29(19)20(30)14-27-18-13-26-10-9-17(18)21(24)22(25)31/h9-10,13,15-16,19,24,27H,2-8,11-12,14H2,1H3,(H2,25,31)(H,28,32)/p+1/t15-,16?,19+/m1/s1. The van der Waals surface area contributed by atoms with Gasteiger partial charge >= 0.3 is 5.91 Å². The number of aromatic nitrogens is 1. The lowest BCUT2D eigenvalue weighted by molar-refractivity contribution is -0.137. The summed E-state index contributed by atoms with van der Waals surface area (Å²) in [5, 5.41) is 12.0. The van der Waals surface area contributed by atoms with Crippen molar-refractivity contribution >= 4 is 29.1 Å². The number of hydrogen-bond acceptors (Lipinski definition) is 5.